The molecule has 0 unspecified atom stereocenters. The lowest BCUT2D eigenvalue weighted by atomic mass is 10.1. The fraction of sp³-hybridized carbons (Fsp3) is 0.143. The molecule has 1 N–H and O–H groups in total. The van der Waals surface area contributed by atoms with E-state index in [0.717, 1.165) is 0 Å². The highest BCUT2D eigenvalue weighted by molar-refractivity contribution is 6.07. The first-order valence-corrected chi connectivity index (χ1v) is 8.28. The number of aryl methyl sites for hydroxylation is 1. The number of H-pyrrole nitrogens is 1. The number of rotatable bonds is 6. The summed E-state index contributed by atoms with van der Waals surface area (Å²) >= 11 is 0. The number of ketones is 1. The molecule has 0 aliphatic carbocycles. The average Bonchev–Trinajstić information content (AvgIpc) is 3.16. The Labute approximate surface area is 156 Å². The van der Waals surface area contributed by atoms with Crippen molar-refractivity contribution in [3.05, 3.63) is 71.2 Å². The molecule has 0 amide bonds. The number of hydrogen-bond acceptors (Lipinski definition) is 4. The Bertz CT molecular complexity index is 1010. The third kappa shape index (κ3) is 4.06. The highest BCUT2D eigenvalue weighted by Gasteiger charge is 2.09. The molecule has 0 aliphatic rings. The van der Waals surface area contributed by atoms with E-state index in [2.05, 4.69) is 10.2 Å². The van der Waals surface area contributed by atoms with E-state index in [-0.39, 0.29) is 11.6 Å². The molecule has 2 aromatic carbocycles. The van der Waals surface area contributed by atoms with E-state index in [0.29, 0.717) is 39.6 Å². The summed E-state index contributed by atoms with van der Waals surface area (Å²) in [7, 11) is 3.05. The van der Waals surface area contributed by atoms with E-state index in [9.17, 15) is 9.18 Å². The van der Waals surface area contributed by atoms with Crippen molar-refractivity contribution in [3.63, 3.8) is 0 Å². The Morgan fingerprint density at radius 2 is 1.85 bits per heavy atom. The van der Waals surface area contributed by atoms with Gasteiger partial charge in [0.1, 0.15) is 5.82 Å². The molecule has 0 saturated heterocycles. The van der Waals surface area contributed by atoms with Gasteiger partial charge in [0.15, 0.2) is 17.3 Å². The predicted molar refractivity (Wildman–Crippen MR) is 102 cm³/mol. The molecule has 5 nitrogen and oxygen atoms in total. The number of nitrogens with zero attached hydrogens (tertiary/aromatic N) is 1. The van der Waals surface area contributed by atoms with Crippen LogP contribution in [0.2, 0.25) is 0 Å². The van der Waals surface area contributed by atoms with E-state index in [1.807, 2.05) is 0 Å². The summed E-state index contributed by atoms with van der Waals surface area (Å²) in [5.41, 5.74) is 2.96. The highest BCUT2D eigenvalue weighted by Crippen LogP contribution is 2.28. The number of aromatic amines is 1. The number of benzene rings is 2. The molecule has 0 saturated carbocycles. The smallest absolute Gasteiger partial charge is 0.186 e. The first kappa shape index (κ1) is 18.4. The second-order valence-corrected chi connectivity index (χ2v) is 5.94. The number of methoxy groups -OCH3 is 2. The molecule has 0 aliphatic heterocycles. The number of hydrogen-bond donors (Lipinski definition) is 1. The molecule has 6 heteroatoms. The summed E-state index contributed by atoms with van der Waals surface area (Å²) in [6.07, 6.45) is 3.06. The van der Waals surface area contributed by atoms with Crippen molar-refractivity contribution in [2.75, 3.05) is 14.2 Å². The minimum absolute atomic E-state index is 0.187. The van der Waals surface area contributed by atoms with Gasteiger partial charge in [-0.15, -0.1) is 0 Å². The molecule has 1 heterocycles. The number of carbonyl (C=O) groups excluding carboxylic acids is 1. The third-order valence-electron chi connectivity index (χ3n) is 4.15. The topological polar surface area (TPSA) is 64.2 Å². The Morgan fingerprint density at radius 3 is 2.56 bits per heavy atom. The minimum Gasteiger partial charge on any atom is -0.493 e. The van der Waals surface area contributed by atoms with Crippen LogP contribution in [-0.4, -0.2) is 30.2 Å². The molecule has 27 heavy (non-hydrogen) atoms. The van der Waals surface area contributed by atoms with Crippen LogP contribution in [0.15, 0.2) is 48.5 Å². The maximum Gasteiger partial charge on any atom is 0.186 e. The Morgan fingerprint density at radius 1 is 1.07 bits per heavy atom. The Balaban J connectivity index is 1.77. The van der Waals surface area contributed by atoms with Gasteiger partial charge in [-0.1, -0.05) is 12.1 Å². The van der Waals surface area contributed by atoms with E-state index in [1.165, 1.54) is 26.4 Å². The zero-order valence-corrected chi connectivity index (χ0v) is 15.2. The van der Waals surface area contributed by atoms with Crippen molar-refractivity contribution in [2.24, 2.45) is 0 Å². The van der Waals surface area contributed by atoms with Crippen molar-refractivity contribution >= 4 is 11.9 Å². The fourth-order valence-corrected chi connectivity index (χ4v) is 2.57. The Kier molecular flexibility index (Phi) is 5.35. The van der Waals surface area contributed by atoms with Gasteiger partial charge in [0, 0.05) is 11.1 Å². The van der Waals surface area contributed by atoms with Gasteiger partial charge in [0.05, 0.1) is 25.6 Å². The van der Waals surface area contributed by atoms with Gasteiger partial charge in [-0.25, -0.2) is 4.39 Å². The van der Waals surface area contributed by atoms with Crippen LogP contribution >= 0.6 is 0 Å². The van der Waals surface area contributed by atoms with E-state index >= 15 is 0 Å². The molecule has 3 rings (SSSR count). The van der Waals surface area contributed by atoms with Crippen molar-refractivity contribution in [2.45, 2.75) is 6.92 Å². The van der Waals surface area contributed by atoms with Crippen LogP contribution in [0, 0.1) is 12.7 Å². The molecule has 0 spiro atoms. The second-order valence-electron chi connectivity index (χ2n) is 5.94. The molecule has 0 bridgehead atoms. The van der Waals surface area contributed by atoms with Gasteiger partial charge in [0.25, 0.3) is 0 Å². The normalized spacial score (nSPS) is 11.0. The first-order valence-electron chi connectivity index (χ1n) is 8.28. The molecule has 3 aromatic rings. The van der Waals surface area contributed by atoms with E-state index in [4.69, 9.17) is 9.47 Å². The zero-order chi connectivity index (χ0) is 19.4. The largest absolute Gasteiger partial charge is 0.493 e. The lowest BCUT2D eigenvalue weighted by molar-refractivity contribution is 0.104. The summed E-state index contributed by atoms with van der Waals surface area (Å²) < 4.78 is 24.1. The highest BCUT2D eigenvalue weighted by atomic mass is 19.1. The number of ether oxygens (including phenoxy) is 2. The summed E-state index contributed by atoms with van der Waals surface area (Å²) in [6, 6.07) is 11.7. The minimum atomic E-state index is -0.281. The number of carbonyl (C=O) groups is 1. The van der Waals surface area contributed by atoms with E-state index < -0.39 is 0 Å². The quantitative estimate of drug-likeness (QED) is 0.517. The van der Waals surface area contributed by atoms with Gasteiger partial charge in [-0.2, -0.15) is 5.10 Å². The van der Waals surface area contributed by atoms with Crippen LogP contribution < -0.4 is 9.47 Å². The van der Waals surface area contributed by atoms with Crippen molar-refractivity contribution in [3.8, 4) is 22.8 Å². The zero-order valence-electron chi connectivity index (χ0n) is 15.2. The van der Waals surface area contributed by atoms with E-state index in [1.54, 1.807) is 49.4 Å². The van der Waals surface area contributed by atoms with Gasteiger partial charge in [0.2, 0.25) is 0 Å². The van der Waals surface area contributed by atoms with Gasteiger partial charge in [-0.3, -0.25) is 9.89 Å². The molecular formula is C21H19FN2O3. The monoisotopic (exact) mass is 366 g/mol. The van der Waals surface area contributed by atoms with Crippen molar-refractivity contribution in [1.82, 2.24) is 10.2 Å². The third-order valence-corrected chi connectivity index (χ3v) is 4.15. The van der Waals surface area contributed by atoms with Crippen LogP contribution in [0.25, 0.3) is 17.3 Å². The van der Waals surface area contributed by atoms with Crippen LogP contribution in [-0.2, 0) is 0 Å². The number of nitrogens with one attached hydrogen (secondary N) is 1. The van der Waals surface area contributed by atoms with Crippen LogP contribution in [0.3, 0.4) is 0 Å². The SMILES string of the molecule is COc1ccc(C(=O)/C=C/c2cc(-c3ccc(C)c(F)c3)n[nH]2)cc1OC. The lowest BCUT2D eigenvalue weighted by Crippen LogP contribution is -1.97. The molecular weight excluding hydrogens is 347 g/mol. The standard InChI is InChI=1S/C21H19FN2O3/c1-13-4-5-14(10-17(13)22)18-12-16(23-24-18)7-8-19(25)15-6-9-20(26-2)21(11-15)27-3/h4-12H,1-3H3,(H,23,24)/b8-7+. The van der Waals surface area contributed by atoms with Crippen molar-refractivity contribution in [1.29, 1.82) is 0 Å². The molecule has 1 aromatic heterocycles. The molecule has 138 valence electrons. The second kappa shape index (κ2) is 7.86. The summed E-state index contributed by atoms with van der Waals surface area (Å²) in [6.45, 7) is 1.71. The lowest BCUT2D eigenvalue weighted by Gasteiger charge is -2.07. The maximum atomic E-state index is 13.7. The number of aromatic nitrogens is 2. The average molecular weight is 366 g/mol. The number of allylic oxidation sites excluding steroid dienone is 1. The maximum absolute atomic E-state index is 13.7. The van der Waals surface area contributed by atoms with Gasteiger partial charge < -0.3 is 9.47 Å². The molecule has 0 radical (unpaired) electrons. The van der Waals surface area contributed by atoms with Gasteiger partial charge >= 0.3 is 0 Å². The van der Waals surface area contributed by atoms with Gasteiger partial charge in [-0.05, 0) is 55.0 Å². The fourth-order valence-electron chi connectivity index (χ4n) is 2.57. The van der Waals surface area contributed by atoms with Crippen LogP contribution in [0.1, 0.15) is 21.6 Å². The summed E-state index contributed by atoms with van der Waals surface area (Å²) in [5.74, 6) is 0.577. The van der Waals surface area contributed by atoms with Crippen molar-refractivity contribution < 1.29 is 18.7 Å². The summed E-state index contributed by atoms with van der Waals surface area (Å²) in [5, 5.41) is 7.00. The predicted octanol–water partition coefficient (Wildman–Crippen LogP) is 4.44. The molecule has 0 atom stereocenters. The summed E-state index contributed by atoms with van der Waals surface area (Å²) in [4.78, 5) is 12.4. The number of halogens is 1. The van der Waals surface area contributed by atoms with Crippen LogP contribution in [0.4, 0.5) is 4.39 Å². The first-order chi connectivity index (χ1) is 13.0. The Hall–Kier alpha value is -3.41. The molecule has 0 fully saturated rings. The van der Waals surface area contributed by atoms with Crippen LogP contribution in [0.5, 0.6) is 11.5 Å².